The summed E-state index contributed by atoms with van der Waals surface area (Å²) in [6.45, 7) is 7.66. The summed E-state index contributed by atoms with van der Waals surface area (Å²) in [5.41, 5.74) is 1.33. The highest BCUT2D eigenvalue weighted by atomic mass is 32.1. The van der Waals surface area contributed by atoms with Crippen LogP contribution in [-0.4, -0.2) is 6.26 Å². The average molecular weight is 196 g/mol. The van der Waals surface area contributed by atoms with Crippen LogP contribution in [0.15, 0.2) is 43.0 Å². The van der Waals surface area contributed by atoms with Gasteiger partial charge in [0.2, 0.25) is 0 Å². The third-order valence-corrected chi connectivity index (χ3v) is 1.22. The zero-order chi connectivity index (χ0) is 10.5. The van der Waals surface area contributed by atoms with Gasteiger partial charge in [0.25, 0.3) is 0 Å². The van der Waals surface area contributed by atoms with Crippen molar-refractivity contribution in [2.75, 3.05) is 6.26 Å². The molecular weight excluding hydrogens is 176 g/mol. The Balaban J connectivity index is 0. The Morgan fingerprint density at radius 1 is 1.15 bits per heavy atom. The van der Waals surface area contributed by atoms with Crippen molar-refractivity contribution in [3.8, 4) is 0 Å². The van der Waals surface area contributed by atoms with Gasteiger partial charge in [0.1, 0.15) is 0 Å². The van der Waals surface area contributed by atoms with E-state index < -0.39 is 0 Å². The Hall–Kier alpha value is -0.690. The standard InChI is InChI=1S/C9H10.C2H6.CH4S/c1-2-6-9-7-4-3-5-8-9;2*1-2/h2-5,7-8H,1,6H2;1-2H3;2H,1H3. The predicted molar refractivity (Wildman–Crippen MR) is 66.6 cm³/mol. The Kier molecular flexibility index (Phi) is 15.8. The van der Waals surface area contributed by atoms with Crippen molar-refractivity contribution in [2.45, 2.75) is 20.3 Å². The normalized spacial score (nSPS) is 7.08. The summed E-state index contributed by atoms with van der Waals surface area (Å²) < 4.78 is 0. The summed E-state index contributed by atoms with van der Waals surface area (Å²) in [6.07, 6.45) is 4.58. The van der Waals surface area contributed by atoms with Gasteiger partial charge in [0.15, 0.2) is 0 Å². The lowest BCUT2D eigenvalue weighted by Gasteiger charge is -1.91. The van der Waals surface area contributed by atoms with E-state index in [-0.39, 0.29) is 0 Å². The topological polar surface area (TPSA) is 0 Å². The van der Waals surface area contributed by atoms with Crippen molar-refractivity contribution in [2.24, 2.45) is 0 Å². The van der Waals surface area contributed by atoms with E-state index in [9.17, 15) is 0 Å². The number of hydrogen-bond donors (Lipinski definition) is 1. The fourth-order valence-corrected chi connectivity index (χ4v) is 0.781. The second-order valence-electron chi connectivity index (χ2n) is 1.98. The highest BCUT2D eigenvalue weighted by Crippen LogP contribution is 1.98. The summed E-state index contributed by atoms with van der Waals surface area (Å²) in [5, 5.41) is 0. The second kappa shape index (κ2) is 13.9. The third-order valence-electron chi connectivity index (χ3n) is 1.22. The van der Waals surface area contributed by atoms with Crippen LogP contribution in [0.25, 0.3) is 0 Å². The minimum Gasteiger partial charge on any atom is -0.183 e. The highest BCUT2D eigenvalue weighted by Gasteiger charge is 1.82. The van der Waals surface area contributed by atoms with Gasteiger partial charge in [0, 0.05) is 0 Å². The number of hydrogen-bond acceptors (Lipinski definition) is 1. The first kappa shape index (κ1) is 14.8. The number of benzene rings is 1. The van der Waals surface area contributed by atoms with E-state index >= 15 is 0 Å². The maximum atomic E-state index is 3.66. The molecule has 0 bridgehead atoms. The van der Waals surface area contributed by atoms with Gasteiger partial charge in [-0.1, -0.05) is 50.3 Å². The van der Waals surface area contributed by atoms with E-state index in [1.54, 1.807) is 6.26 Å². The largest absolute Gasteiger partial charge is 0.183 e. The number of allylic oxidation sites excluding steroid dienone is 1. The molecule has 0 nitrogen and oxygen atoms in total. The van der Waals surface area contributed by atoms with E-state index in [1.807, 2.05) is 38.1 Å². The SMILES string of the molecule is C=CCc1ccccc1.CC.CS. The molecule has 0 spiro atoms. The minimum absolute atomic E-state index is 0.973. The predicted octanol–water partition coefficient (Wildman–Crippen LogP) is 3.99. The number of rotatable bonds is 2. The molecule has 0 unspecified atom stereocenters. The van der Waals surface area contributed by atoms with Crippen molar-refractivity contribution in [1.82, 2.24) is 0 Å². The first-order chi connectivity index (χ1) is 6.43. The number of thiol groups is 1. The van der Waals surface area contributed by atoms with Crippen LogP contribution in [0.4, 0.5) is 0 Å². The van der Waals surface area contributed by atoms with Crippen molar-refractivity contribution >= 4 is 12.6 Å². The first-order valence-corrected chi connectivity index (χ1v) is 5.42. The molecule has 0 amide bonds. The van der Waals surface area contributed by atoms with Gasteiger partial charge in [-0.05, 0) is 18.2 Å². The van der Waals surface area contributed by atoms with Crippen LogP contribution in [0.5, 0.6) is 0 Å². The van der Waals surface area contributed by atoms with Gasteiger partial charge in [-0.15, -0.1) is 6.58 Å². The van der Waals surface area contributed by atoms with Gasteiger partial charge in [-0.25, -0.2) is 0 Å². The summed E-state index contributed by atoms with van der Waals surface area (Å²) in [4.78, 5) is 0. The minimum atomic E-state index is 0.973. The molecule has 1 rings (SSSR count). The Labute approximate surface area is 88.1 Å². The van der Waals surface area contributed by atoms with Gasteiger partial charge < -0.3 is 0 Å². The molecule has 0 fully saturated rings. The average Bonchev–Trinajstić information content (AvgIpc) is 2.26. The molecule has 1 aromatic carbocycles. The second-order valence-corrected chi connectivity index (χ2v) is 1.98. The van der Waals surface area contributed by atoms with E-state index in [1.165, 1.54) is 5.56 Å². The molecule has 0 aliphatic rings. The fourth-order valence-electron chi connectivity index (χ4n) is 0.781. The lowest BCUT2D eigenvalue weighted by molar-refractivity contribution is 1.28. The molecule has 0 N–H and O–H groups in total. The quantitative estimate of drug-likeness (QED) is 0.536. The lowest BCUT2D eigenvalue weighted by atomic mass is 10.2. The van der Waals surface area contributed by atoms with Crippen LogP contribution in [0, 0.1) is 0 Å². The lowest BCUT2D eigenvalue weighted by Crippen LogP contribution is -1.75. The third kappa shape index (κ3) is 9.22. The van der Waals surface area contributed by atoms with E-state index in [0.29, 0.717) is 0 Å². The maximum Gasteiger partial charge on any atom is -0.0100 e. The molecule has 0 aliphatic carbocycles. The van der Waals surface area contributed by atoms with Crippen LogP contribution >= 0.6 is 12.6 Å². The molecule has 0 aromatic heterocycles. The van der Waals surface area contributed by atoms with Crippen molar-refractivity contribution in [1.29, 1.82) is 0 Å². The van der Waals surface area contributed by atoms with E-state index in [4.69, 9.17) is 0 Å². The molecule has 1 heteroatoms. The first-order valence-electron chi connectivity index (χ1n) is 4.53. The molecule has 0 saturated carbocycles. The Morgan fingerprint density at radius 2 is 1.62 bits per heavy atom. The molecule has 0 heterocycles. The summed E-state index contributed by atoms with van der Waals surface area (Å²) in [7, 11) is 0. The van der Waals surface area contributed by atoms with Crippen LogP contribution in [0.2, 0.25) is 0 Å². The van der Waals surface area contributed by atoms with E-state index in [0.717, 1.165) is 6.42 Å². The van der Waals surface area contributed by atoms with E-state index in [2.05, 4.69) is 31.3 Å². The zero-order valence-corrected chi connectivity index (χ0v) is 9.72. The van der Waals surface area contributed by atoms with Gasteiger partial charge in [-0.2, -0.15) is 12.6 Å². The monoisotopic (exact) mass is 196 g/mol. The fraction of sp³-hybridized carbons (Fsp3) is 0.333. The Morgan fingerprint density at radius 3 is 2.00 bits per heavy atom. The summed E-state index contributed by atoms with van der Waals surface area (Å²) in [6, 6.07) is 10.3. The molecule has 13 heavy (non-hydrogen) atoms. The van der Waals surface area contributed by atoms with Gasteiger partial charge in [-0.3, -0.25) is 0 Å². The zero-order valence-electron chi connectivity index (χ0n) is 8.83. The summed E-state index contributed by atoms with van der Waals surface area (Å²) >= 11 is 3.53. The molecule has 0 saturated heterocycles. The van der Waals surface area contributed by atoms with Gasteiger partial charge >= 0.3 is 0 Å². The van der Waals surface area contributed by atoms with Crippen LogP contribution in [0.1, 0.15) is 19.4 Å². The van der Waals surface area contributed by atoms with Crippen molar-refractivity contribution < 1.29 is 0 Å². The molecule has 74 valence electrons. The summed E-state index contributed by atoms with van der Waals surface area (Å²) in [5.74, 6) is 0. The van der Waals surface area contributed by atoms with Crippen LogP contribution < -0.4 is 0 Å². The van der Waals surface area contributed by atoms with Gasteiger partial charge in [0.05, 0.1) is 0 Å². The molecular formula is C12H20S. The molecule has 1 aromatic rings. The molecule has 0 aliphatic heterocycles. The van der Waals surface area contributed by atoms with Crippen LogP contribution in [0.3, 0.4) is 0 Å². The molecule has 0 radical (unpaired) electrons. The van der Waals surface area contributed by atoms with Crippen LogP contribution in [-0.2, 0) is 6.42 Å². The molecule has 0 atom stereocenters. The Bertz CT molecular complexity index is 180. The van der Waals surface area contributed by atoms with Crippen molar-refractivity contribution in [3.63, 3.8) is 0 Å². The maximum absolute atomic E-state index is 3.66. The highest BCUT2D eigenvalue weighted by molar-refractivity contribution is 7.79. The smallest absolute Gasteiger partial charge is 0.0100 e. The van der Waals surface area contributed by atoms with Crippen molar-refractivity contribution in [3.05, 3.63) is 48.6 Å².